The van der Waals surface area contributed by atoms with Crippen LogP contribution in [0, 0.1) is 0 Å². The Balaban J connectivity index is 1.61. The van der Waals surface area contributed by atoms with Gasteiger partial charge in [0.1, 0.15) is 34.5 Å². The van der Waals surface area contributed by atoms with E-state index >= 15 is 0 Å². The molecule has 0 spiro atoms. The maximum absolute atomic E-state index is 6.67. The lowest BCUT2D eigenvalue weighted by Crippen LogP contribution is -2.08. The molecule has 9 nitrogen and oxygen atoms in total. The van der Waals surface area contributed by atoms with Crippen LogP contribution in [-0.2, 0) is 0 Å². The van der Waals surface area contributed by atoms with Crippen molar-refractivity contribution in [1.29, 1.82) is 0 Å². The molecule has 2 unspecified atom stereocenters. The first kappa shape index (κ1) is 29.7. The maximum Gasteiger partial charge on any atom is 0.458 e. The van der Waals surface area contributed by atoms with E-state index in [1.54, 1.807) is 31.4 Å². The monoisotopic (exact) mass is 645 g/mol. The first-order valence-electron chi connectivity index (χ1n) is 13.7. The van der Waals surface area contributed by atoms with Gasteiger partial charge in [0.25, 0.3) is 7.43 Å². The highest BCUT2D eigenvalue weighted by molar-refractivity contribution is 7.80. The molecule has 224 valence electrons. The summed E-state index contributed by atoms with van der Waals surface area (Å²) in [5.74, 6) is 3.25. The van der Waals surface area contributed by atoms with Crippen molar-refractivity contribution in [1.82, 2.24) is 0 Å². The number of hydrogen-bond donors (Lipinski definition) is 0. The molecule has 0 amide bonds. The van der Waals surface area contributed by atoms with Crippen LogP contribution in [0.3, 0.4) is 0 Å². The van der Waals surface area contributed by atoms with Crippen LogP contribution in [0.2, 0.25) is 0 Å². The van der Waals surface area contributed by atoms with Crippen molar-refractivity contribution >= 4 is 22.8 Å². The average Bonchev–Trinajstić information content (AvgIpc) is 3.02. The summed E-state index contributed by atoms with van der Waals surface area (Å²) in [5, 5.41) is 0. The Bertz CT molecular complexity index is 1810. The predicted molar refractivity (Wildman–Crippen MR) is 176 cm³/mol. The molecule has 44 heavy (non-hydrogen) atoms. The van der Waals surface area contributed by atoms with Gasteiger partial charge in [-0.05, 0) is 72.8 Å². The van der Waals surface area contributed by atoms with E-state index in [1.165, 1.54) is 0 Å². The van der Waals surface area contributed by atoms with Gasteiger partial charge in [-0.2, -0.15) is 0 Å². The molecule has 6 rings (SSSR count). The first-order valence-corrected chi connectivity index (χ1v) is 18.8. The van der Waals surface area contributed by atoms with E-state index in [2.05, 4.69) is 0 Å². The largest absolute Gasteiger partial charge is 0.497 e. The van der Waals surface area contributed by atoms with E-state index in [4.69, 9.17) is 40.9 Å². The second kappa shape index (κ2) is 13.1. The smallest absolute Gasteiger partial charge is 0.458 e. The lowest BCUT2D eigenvalue weighted by Gasteiger charge is -2.32. The van der Waals surface area contributed by atoms with E-state index < -0.39 is 22.8 Å². The molecule has 2 atom stereocenters. The number of methoxy groups -OCH3 is 1. The molecule has 0 aromatic heterocycles. The zero-order chi connectivity index (χ0) is 30.3. The first-order chi connectivity index (χ1) is 21.4. The van der Waals surface area contributed by atoms with Gasteiger partial charge in [0.15, 0.2) is 0 Å². The maximum atomic E-state index is 6.67. The second-order valence-electron chi connectivity index (χ2n) is 9.47. The summed E-state index contributed by atoms with van der Waals surface area (Å²) in [6.45, 7) is 1.83. The third-order valence-corrected chi connectivity index (χ3v) is 14.6. The molecule has 1 aliphatic rings. The SMILES string of the molecule is COc1ccc(OP2(Oc3ccccc3)=NP(Oc3ccccc3)(Oc3ccccc3)=NP(C)(Oc3ccccc3)=N2)cc1. The van der Waals surface area contributed by atoms with Gasteiger partial charge < -0.3 is 27.4 Å². The molecule has 0 fully saturated rings. The van der Waals surface area contributed by atoms with Crippen molar-refractivity contribution in [2.75, 3.05) is 13.8 Å². The van der Waals surface area contributed by atoms with Crippen molar-refractivity contribution in [3.05, 3.63) is 146 Å². The van der Waals surface area contributed by atoms with Gasteiger partial charge >= 0.3 is 15.3 Å². The van der Waals surface area contributed by atoms with Gasteiger partial charge in [0.05, 0.1) is 7.11 Å². The van der Waals surface area contributed by atoms with E-state index in [0.717, 1.165) is 0 Å². The average molecular weight is 646 g/mol. The van der Waals surface area contributed by atoms with Gasteiger partial charge in [-0.15, -0.1) is 9.03 Å². The molecule has 1 heterocycles. The summed E-state index contributed by atoms with van der Waals surface area (Å²) in [5.41, 5.74) is 0. The minimum atomic E-state index is -3.67. The fraction of sp³-hybridized carbons (Fsp3) is 0.0625. The van der Waals surface area contributed by atoms with Gasteiger partial charge in [0, 0.05) is 6.66 Å². The highest BCUT2D eigenvalue weighted by atomic mass is 31.3. The number of ether oxygens (including phenoxy) is 1. The van der Waals surface area contributed by atoms with Crippen molar-refractivity contribution in [2.24, 2.45) is 13.5 Å². The van der Waals surface area contributed by atoms with Crippen molar-refractivity contribution in [3.8, 4) is 34.5 Å². The summed E-state index contributed by atoms with van der Waals surface area (Å²) in [6.07, 6.45) is 0. The van der Waals surface area contributed by atoms with Gasteiger partial charge in [-0.1, -0.05) is 77.3 Å². The minimum Gasteiger partial charge on any atom is -0.497 e. The van der Waals surface area contributed by atoms with Crippen LogP contribution >= 0.6 is 22.8 Å². The van der Waals surface area contributed by atoms with Crippen molar-refractivity contribution < 1.29 is 27.4 Å². The highest BCUT2D eigenvalue weighted by Crippen LogP contribution is 2.77. The molecular weight excluding hydrogens is 615 g/mol. The Morgan fingerprint density at radius 3 is 1.07 bits per heavy atom. The van der Waals surface area contributed by atoms with Crippen LogP contribution < -0.4 is 27.4 Å². The summed E-state index contributed by atoms with van der Waals surface area (Å²) in [4.78, 5) is 0. The Labute approximate surface area is 257 Å². The van der Waals surface area contributed by atoms with E-state index in [-0.39, 0.29) is 0 Å². The Morgan fingerprint density at radius 1 is 0.364 bits per heavy atom. The van der Waals surface area contributed by atoms with Crippen LogP contribution in [0.25, 0.3) is 0 Å². The van der Waals surface area contributed by atoms with E-state index in [1.807, 2.05) is 128 Å². The van der Waals surface area contributed by atoms with Gasteiger partial charge in [-0.25, -0.2) is 0 Å². The van der Waals surface area contributed by atoms with E-state index in [9.17, 15) is 0 Å². The normalized spacial score (nSPS) is 20.0. The van der Waals surface area contributed by atoms with Gasteiger partial charge in [0.2, 0.25) is 0 Å². The Hall–Kier alpha value is -4.41. The van der Waals surface area contributed by atoms with Crippen LogP contribution in [0.4, 0.5) is 0 Å². The van der Waals surface area contributed by atoms with Crippen LogP contribution in [0.15, 0.2) is 159 Å². The third kappa shape index (κ3) is 7.38. The Morgan fingerprint density at radius 2 is 0.682 bits per heavy atom. The standard InChI is InChI=1S/C32H30N3O6P3/c1-36-27-23-25-32(26-24-27)41-44(40-31-21-13-6-14-22-31)34-42(2,37-28-15-7-3-8-16-28)33-43(35-44,38-29-17-9-4-10-18-29)39-30-19-11-5-12-20-30/h3-26H,1-2H3. The number of hydrogen-bond acceptors (Lipinski definition) is 9. The molecule has 0 radical (unpaired) electrons. The van der Waals surface area contributed by atoms with Crippen LogP contribution in [0.5, 0.6) is 34.5 Å². The molecule has 5 aromatic carbocycles. The Kier molecular flexibility index (Phi) is 8.81. The molecule has 0 bridgehead atoms. The number of rotatable bonds is 11. The van der Waals surface area contributed by atoms with Crippen LogP contribution in [-0.4, -0.2) is 13.8 Å². The summed E-state index contributed by atoms with van der Waals surface area (Å²) in [6, 6.07) is 44.4. The topological polar surface area (TPSA) is 92.5 Å². The molecule has 12 heteroatoms. The molecule has 0 saturated carbocycles. The zero-order valence-electron chi connectivity index (χ0n) is 24.0. The van der Waals surface area contributed by atoms with Gasteiger partial charge in [-0.3, -0.25) is 0 Å². The molecule has 0 aliphatic carbocycles. The molecular formula is C32H30N3O6P3. The van der Waals surface area contributed by atoms with Crippen molar-refractivity contribution in [2.45, 2.75) is 0 Å². The lowest BCUT2D eigenvalue weighted by atomic mass is 10.3. The zero-order valence-corrected chi connectivity index (χ0v) is 26.7. The fourth-order valence-electron chi connectivity index (χ4n) is 4.15. The van der Waals surface area contributed by atoms with Crippen LogP contribution in [0.1, 0.15) is 0 Å². The number of benzene rings is 5. The second-order valence-corrected chi connectivity index (χ2v) is 16.2. The van der Waals surface area contributed by atoms with Crippen molar-refractivity contribution in [3.63, 3.8) is 0 Å². The minimum absolute atomic E-state index is 0.466. The fourth-order valence-corrected chi connectivity index (χ4v) is 13.7. The quantitative estimate of drug-likeness (QED) is 0.133. The molecule has 0 N–H and O–H groups in total. The van der Waals surface area contributed by atoms with E-state index in [0.29, 0.717) is 34.5 Å². The molecule has 0 saturated heterocycles. The highest BCUT2D eigenvalue weighted by Gasteiger charge is 2.44. The summed E-state index contributed by atoms with van der Waals surface area (Å²) in [7, 11) is -8.88. The molecule has 1 aliphatic heterocycles. The molecule has 5 aromatic rings. The third-order valence-electron chi connectivity index (χ3n) is 5.99. The summed E-state index contributed by atoms with van der Waals surface area (Å²) >= 11 is 0. The summed E-state index contributed by atoms with van der Waals surface area (Å²) < 4.78 is 53.9. The predicted octanol–water partition coefficient (Wildman–Crippen LogP) is 11.0. The number of para-hydroxylation sites is 4. The number of nitrogens with zero attached hydrogens (tertiary/aromatic N) is 3. The lowest BCUT2D eigenvalue weighted by molar-refractivity contribution is 0.413.